The highest BCUT2D eigenvalue weighted by Gasteiger charge is 2.07. The van der Waals surface area contributed by atoms with Crippen LogP contribution in [0.15, 0.2) is 42.5 Å². The summed E-state index contributed by atoms with van der Waals surface area (Å²) in [4.78, 5) is 11.9. The first-order valence-corrected chi connectivity index (χ1v) is 6.73. The molecule has 21 heavy (non-hydrogen) atoms. The molecule has 1 N–H and O–H groups in total. The van der Waals surface area contributed by atoms with Crippen LogP contribution in [0.4, 0.5) is 5.69 Å². The fourth-order valence-electron chi connectivity index (χ4n) is 1.89. The molecule has 0 aliphatic heterocycles. The van der Waals surface area contributed by atoms with Crippen LogP contribution in [0.25, 0.3) is 0 Å². The molecule has 0 aliphatic rings. The molecule has 0 saturated carbocycles. The first-order valence-electron chi connectivity index (χ1n) is 6.73. The molecule has 0 bridgehead atoms. The van der Waals surface area contributed by atoms with E-state index in [1.54, 1.807) is 19.2 Å². The maximum atomic E-state index is 11.9. The molecule has 2 aromatic carbocycles. The standard InChI is InChI=1S/C17H19NO3/c1-12-8-9-14(10-13(12)2)21-11-17(19)18-15-6-4-5-7-16(15)20-3/h4-10H,11H2,1-3H3,(H,18,19). The summed E-state index contributed by atoms with van der Waals surface area (Å²) < 4.78 is 10.7. The predicted octanol–water partition coefficient (Wildman–Crippen LogP) is 3.33. The summed E-state index contributed by atoms with van der Waals surface area (Å²) in [7, 11) is 1.57. The van der Waals surface area contributed by atoms with E-state index in [4.69, 9.17) is 9.47 Å². The average Bonchev–Trinajstić information content (AvgIpc) is 2.49. The van der Waals surface area contributed by atoms with Crippen LogP contribution in [0.2, 0.25) is 0 Å². The number of para-hydroxylation sites is 2. The molecule has 0 radical (unpaired) electrons. The molecule has 4 nitrogen and oxygen atoms in total. The normalized spacial score (nSPS) is 10.0. The lowest BCUT2D eigenvalue weighted by atomic mass is 10.1. The molecule has 1 amide bonds. The number of methoxy groups -OCH3 is 1. The topological polar surface area (TPSA) is 47.6 Å². The summed E-state index contributed by atoms with van der Waals surface area (Å²) in [6.45, 7) is 4.01. The van der Waals surface area contributed by atoms with Crippen molar-refractivity contribution in [3.63, 3.8) is 0 Å². The Bertz CT molecular complexity index is 638. The second-order valence-corrected chi connectivity index (χ2v) is 4.78. The number of hydrogen-bond acceptors (Lipinski definition) is 3. The molecule has 0 aliphatic carbocycles. The first-order chi connectivity index (χ1) is 10.1. The van der Waals surface area contributed by atoms with Gasteiger partial charge in [0.1, 0.15) is 11.5 Å². The van der Waals surface area contributed by atoms with Crippen molar-refractivity contribution in [3.8, 4) is 11.5 Å². The van der Waals surface area contributed by atoms with Gasteiger partial charge in [0.2, 0.25) is 0 Å². The van der Waals surface area contributed by atoms with Gasteiger partial charge < -0.3 is 14.8 Å². The Hall–Kier alpha value is -2.49. The minimum atomic E-state index is -0.224. The highest BCUT2D eigenvalue weighted by atomic mass is 16.5. The van der Waals surface area contributed by atoms with E-state index in [-0.39, 0.29) is 12.5 Å². The van der Waals surface area contributed by atoms with E-state index in [9.17, 15) is 4.79 Å². The van der Waals surface area contributed by atoms with E-state index < -0.39 is 0 Å². The SMILES string of the molecule is COc1ccccc1NC(=O)COc1ccc(C)c(C)c1. The van der Waals surface area contributed by atoms with Crippen molar-refractivity contribution in [1.82, 2.24) is 0 Å². The zero-order chi connectivity index (χ0) is 15.2. The van der Waals surface area contributed by atoms with Gasteiger partial charge in [0.25, 0.3) is 5.91 Å². The number of benzene rings is 2. The highest BCUT2D eigenvalue weighted by molar-refractivity contribution is 5.93. The fraction of sp³-hybridized carbons (Fsp3) is 0.235. The number of ether oxygens (including phenoxy) is 2. The zero-order valence-electron chi connectivity index (χ0n) is 12.5. The third-order valence-electron chi connectivity index (χ3n) is 3.23. The Kier molecular flexibility index (Phi) is 4.82. The molecule has 2 aromatic rings. The van der Waals surface area contributed by atoms with Crippen molar-refractivity contribution in [2.24, 2.45) is 0 Å². The largest absolute Gasteiger partial charge is 0.495 e. The van der Waals surface area contributed by atoms with Crippen LogP contribution in [0.3, 0.4) is 0 Å². The molecule has 110 valence electrons. The Morgan fingerprint density at radius 1 is 1.10 bits per heavy atom. The van der Waals surface area contributed by atoms with E-state index in [1.165, 1.54) is 5.56 Å². The van der Waals surface area contributed by atoms with Gasteiger partial charge in [0.15, 0.2) is 6.61 Å². The van der Waals surface area contributed by atoms with Crippen LogP contribution >= 0.6 is 0 Å². The molecule has 0 spiro atoms. The van der Waals surface area contributed by atoms with Gasteiger partial charge in [-0.1, -0.05) is 18.2 Å². The molecule has 2 rings (SSSR count). The third-order valence-corrected chi connectivity index (χ3v) is 3.23. The van der Waals surface area contributed by atoms with Crippen molar-refractivity contribution in [2.45, 2.75) is 13.8 Å². The number of carbonyl (C=O) groups excluding carboxylic acids is 1. The zero-order valence-corrected chi connectivity index (χ0v) is 12.5. The summed E-state index contributed by atoms with van der Waals surface area (Å²) in [5.74, 6) is 1.09. The summed E-state index contributed by atoms with van der Waals surface area (Å²) in [6.07, 6.45) is 0. The van der Waals surface area contributed by atoms with Crippen molar-refractivity contribution < 1.29 is 14.3 Å². The van der Waals surface area contributed by atoms with Gasteiger partial charge in [-0.05, 0) is 49.2 Å². The minimum Gasteiger partial charge on any atom is -0.495 e. The van der Waals surface area contributed by atoms with Gasteiger partial charge in [-0.3, -0.25) is 4.79 Å². The maximum absolute atomic E-state index is 11.9. The Balaban J connectivity index is 1.94. The number of nitrogens with one attached hydrogen (secondary N) is 1. The number of amides is 1. The van der Waals surface area contributed by atoms with E-state index in [0.717, 1.165) is 5.56 Å². The lowest BCUT2D eigenvalue weighted by Crippen LogP contribution is -2.20. The van der Waals surface area contributed by atoms with Crippen LogP contribution in [-0.2, 0) is 4.79 Å². The Labute approximate surface area is 124 Å². The van der Waals surface area contributed by atoms with Crippen LogP contribution in [0.1, 0.15) is 11.1 Å². The van der Waals surface area contributed by atoms with E-state index in [1.807, 2.05) is 44.2 Å². The van der Waals surface area contributed by atoms with Gasteiger partial charge in [-0.15, -0.1) is 0 Å². The molecule has 0 saturated heterocycles. The predicted molar refractivity (Wildman–Crippen MR) is 83.0 cm³/mol. The molecule has 0 atom stereocenters. The van der Waals surface area contributed by atoms with Gasteiger partial charge >= 0.3 is 0 Å². The van der Waals surface area contributed by atoms with Gasteiger partial charge in [0, 0.05) is 0 Å². The second-order valence-electron chi connectivity index (χ2n) is 4.78. The van der Waals surface area contributed by atoms with E-state index >= 15 is 0 Å². The summed E-state index contributed by atoms with van der Waals surface area (Å²) >= 11 is 0. The summed E-state index contributed by atoms with van der Waals surface area (Å²) in [5, 5.41) is 2.77. The van der Waals surface area contributed by atoms with Crippen molar-refractivity contribution >= 4 is 11.6 Å². The molecular formula is C17H19NO3. The van der Waals surface area contributed by atoms with E-state index in [2.05, 4.69) is 5.32 Å². The molecule has 4 heteroatoms. The van der Waals surface area contributed by atoms with Gasteiger partial charge in [-0.25, -0.2) is 0 Å². The molecule has 0 fully saturated rings. The number of carbonyl (C=O) groups is 1. The van der Waals surface area contributed by atoms with Crippen LogP contribution < -0.4 is 14.8 Å². The van der Waals surface area contributed by atoms with Crippen molar-refractivity contribution in [3.05, 3.63) is 53.6 Å². The monoisotopic (exact) mass is 285 g/mol. The molecule has 0 unspecified atom stereocenters. The lowest BCUT2D eigenvalue weighted by molar-refractivity contribution is -0.118. The maximum Gasteiger partial charge on any atom is 0.262 e. The summed E-state index contributed by atoms with van der Waals surface area (Å²) in [6, 6.07) is 13.0. The van der Waals surface area contributed by atoms with Gasteiger partial charge in [-0.2, -0.15) is 0 Å². The highest BCUT2D eigenvalue weighted by Crippen LogP contribution is 2.23. The van der Waals surface area contributed by atoms with E-state index in [0.29, 0.717) is 17.2 Å². The lowest BCUT2D eigenvalue weighted by Gasteiger charge is -2.11. The van der Waals surface area contributed by atoms with Crippen molar-refractivity contribution in [2.75, 3.05) is 19.0 Å². The Morgan fingerprint density at radius 3 is 2.57 bits per heavy atom. The average molecular weight is 285 g/mol. The second kappa shape index (κ2) is 6.79. The molecular weight excluding hydrogens is 266 g/mol. The van der Waals surface area contributed by atoms with Crippen LogP contribution in [0, 0.1) is 13.8 Å². The fourth-order valence-corrected chi connectivity index (χ4v) is 1.89. The van der Waals surface area contributed by atoms with Crippen LogP contribution in [0.5, 0.6) is 11.5 Å². The van der Waals surface area contributed by atoms with Crippen molar-refractivity contribution in [1.29, 1.82) is 0 Å². The molecule has 0 heterocycles. The third kappa shape index (κ3) is 3.99. The minimum absolute atomic E-state index is 0.0411. The quantitative estimate of drug-likeness (QED) is 0.916. The molecule has 0 aromatic heterocycles. The number of anilines is 1. The summed E-state index contributed by atoms with van der Waals surface area (Å²) in [5.41, 5.74) is 2.96. The first kappa shape index (κ1) is 14.9. The number of hydrogen-bond donors (Lipinski definition) is 1. The van der Waals surface area contributed by atoms with Crippen LogP contribution in [-0.4, -0.2) is 19.6 Å². The number of rotatable bonds is 5. The number of aryl methyl sites for hydroxylation is 2. The van der Waals surface area contributed by atoms with Gasteiger partial charge in [0.05, 0.1) is 12.8 Å². The smallest absolute Gasteiger partial charge is 0.262 e. The Morgan fingerprint density at radius 2 is 1.86 bits per heavy atom.